The van der Waals surface area contributed by atoms with E-state index in [2.05, 4.69) is 6.58 Å². The van der Waals surface area contributed by atoms with E-state index in [1.54, 1.807) is 4.90 Å². The Morgan fingerprint density at radius 1 is 1.41 bits per heavy atom. The fourth-order valence-corrected chi connectivity index (χ4v) is 1.29. The van der Waals surface area contributed by atoms with Crippen LogP contribution in [0, 0.1) is 0 Å². The van der Waals surface area contributed by atoms with E-state index < -0.39 is 12.4 Å². The van der Waals surface area contributed by atoms with Gasteiger partial charge in [0.05, 0.1) is 6.61 Å². The van der Waals surface area contributed by atoms with Crippen molar-refractivity contribution in [3.63, 3.8) is 0 Å². The molecule has 17 heavy (non-hydrogen) atoms. The van der Waals surface area contributed by atoms with Crippen molar-refractivity contribution in [3.8, 4) is 0 Å². The molecular weight excluding hydrogens is 257 g/mol. The van der Waals surface area contributed by atoms with E-state index in [9.17, 15) is 12.9 Å². The summed E-state index contributed by atoms with van der Waals surface area (Å²) >= 11 is 0. The van der Waals surface area contributed by atoms with Crippen molar-refractivity contribution in [2.24, 2.45) is 0 Å². The quantitative estimate of drug-likeness (QED) is 0.564. The van der Waals surface area contributed by atoms with Gasteiger partial charge in [-0.25, -0.2) is 0 Å². The third-order valence-corrected chi connectivity index (χ3v) is 2.67. The summed E-state index contributed by atoms with van der Waals surface area (Å²) in [6.45, 7) is 2.84. The molecule has 2 nitrogen and oxygen atoms in total. The molecule has 7 heteroatoms. The molecule has 0 aliphatic rings. The van der Waals surface area contributed by atoms with Crippen molar-refractivity contribution < 1.29 is 69.1 Å². The van der Waals surface area contributed by atoms with Gasteiger partial charge in [0.1, 0.15) is 0 Å². The fourth-order valence-electron chi connectivity index (χ4n) is 1.29. The minimum Gasteiger partial charge on any atom is -0.445 e. The number of methoxy groups -OCH3 is 1. The predicted molar refractivity (Wildman–Crippen MR) is 61.4 cm³/mol. The minimum atomic E-state index is -4.93. The summed E-state index contributed by atoms with van der Waals surface area (Å²) in [5.41, 5.74) is -0.642. The summed E-state index contributed by atoms with van der Waals surface area (Å²) in [5.74, 6) is 0. The molecule has 0 saturated carbocycles. The molecule has 0 aromatic heterocycles. The first kappa shape index (κ1) is 20.5. The number of hydrogen-bond donors (Lipinski definition) is 0. The van der Waals surface area contributed by atoms with E-state index in [0.29, 0.717) is 13.2 Å². The first-order chi connectivity index (χ1) is 7.32. The monoisotopic (exact) mass is 277 g/mol. The summed E-state index contributed by atoms with van der Waals surface area (Å²) in [4.78, 5) is 1.75. The molecule has 0 saturated heterocycles. The zero-order chi connectivity index (χ0) is 12.8. The Hall–Kier alpha value is 1.15. The molecule has 1 unspecified atom stereocenters. The molecule has 0 amide bonds. The zero-order valence-electron chi connectivity index (χ0n) is 11.2. The summed E-state index contributed by atoms with van der Waals surface area (Å²) in [5, 5.41) is 0. The molecule has 0 aliphatic heterocycles. The molecule has 1 atom stereocenters. The van der Waals surface area contributed by atoms with Gasteiger partial charge in [0.25, 0.3) is 0 Å². The Balaban J connectivity index is 0. The largest absolute Gasteiger partial charge is 1.00 e. The smallest absolute Gasteiger partial charge is 0.445 e. The molecule has 0 bridgehead atoms. The molecule has 96 valence electrons. The van der Waals surface area contributed by atoms with Crippen LogP contribution in [0.3, 0.4) is 0 Å². The van der Waals surface area contributed by atoms with Crippen molar-refractivity contribution in [3.05, 3.63) is 12.1 Å². The van der Waals surface area contributed by atoms with Gasteiger partial charge in [0.2, 0.25) is 0 Å². The van der Waals surface area contributed by atoms with Gasteiger partial charge in [-0.3, -0.25) is 4.90 Å². The molecule has 0 fully saturated rings. The number of halogens is 3. The van der Waals surface area contributed by atoms with Crippen LogP contribution in [-0.4, -0.2) is 44.7 Å². The Labute approximate surface area is 144 Å². The Bertz CT molecular complexity index is 226. The Morgan fingerprint density at radius 2 is 1.94 bits per heavy atom. The first-order valence-corrected chi connectivity index (χ1v) is 5.43. The molecule has 0 spiro atoms. The van der Waals surface area contributed by atoms with E-state index >= 15 is 0 Å². The van der Waals surface area contributed by atoms with Crippen LogP contribution in [0.2, 0.25) is 0 Å². The zero-order valence-corrected chi connectivity index (χ0v) is 14.3. The van der Waals surface area contributed by atoms with Crippen LogP contribution < -0.4 is 51.4 Å². The molecule has 0 aliphatic carbocycles. The van der Waals surface area contributed by atoms with Gasteiger partial charge in [-0.05, 0) is 19.9 Å². The summed E-state index contributed by atoms with van der Waals surface area (Å²) in [6.07, 6.45) is 0.807. The standard InChI is InChI=1S/C10H20BF3NO.K/c1-5-10(3)15(6-7-16-4)8-9(2)11(12,13)14;/h10H,2,5-8H2,1,3-4H3;/q-1;+1. The topological polar surface area (TPSA) is 12.5 Å². The van der Waals surface area contributed by atoms with Crippen LogP contribution in [0.25, 0.3) is 0 Å². The Morgan fingerprint density at radius 3 is 2.29 bits per heavy atom. The maximum atomic E-state index is 12.4. The van der Waals surface area contributed by atoms with Gasteiger partial charge < -0.3 is 17.7 Å². The van der Waals surface area contributed by atoms with Crippen LogP contribution in [0.1, 0.15) is 20.3 Å². The van der Waals surface area contributed by atoms with Crippen LogP contribution in [0.5, 0.6) is 0 Å². The predicted octanol–water partition coefficient (Wildman–Crippen LogP) is -0.320. The van der Waals surface area contributed by atoms with E-state index in [-0.39, 0.29) is 64.0 Å². The second-order valence-corrected chi connectivity index (χ2v) is 3.95. The maximum absolute atomic E-state index is 12.4. The van der Waals surface area contributed by atoms with Gasteiger partial charge in [-0.15, -0.1) is 12.1 Å². The third-order valence-electron chi connectivity index (χ3n) is 2.67. The molecular formula is C10H20BF3KNO. The van der Waals surface area contributed by atoms with Crippen molar-refractivity contribution >= 4 is 6.98 Å². The van der Waals surface area contributed by atoms with Gasteiger partial charge in [-0.2, -0.15) is 0 Å². The molecule has 0 rings (SSSR count). The van der Waals surface area contributed by atoms with Crippen LogP contribution in [-0.2, 0) is 4.74 Å². The maximum Gasteiger partial charge on any atom is 1.00 e. The molecule has 0 aromatic carbocycles. The summed E-state index contributed by atoms with van der Waals surface area (Å²) in [7, 11) is 1.54. The van der Waals surface area contributed by atoms with Gasteiger partial charge in [-0.1, -0.05) is 6.92 Å². The third kappa shape index (κ3) is 8.80. The second-order valence-electron chi connectivity index (χ2n) is 3.95. The number of nitrogens with zero attached hydrogens (tertiary/aromatic N) is 1. The molecule has 0 N–H and O–H groups in total. The number of hydrogen-bond acceptors (Lipinski definition) is 2. The van der Waals surface area contributed by atoms with Gasteiger partial charge in [0, 0.05) is 19.7 Å². The van der Waals surface area contributed by atoms with Gasteiger partial charge >= 0.3 is 58.4 Å². The van der Waals surface area contributed by atoms with Gasteiger partial charge in [0.15, 0.2) is 0 Å². The SMILES string of the molecule is C=C(CN(CCOC)C(C)CC)[B-](F)(F)F.[K+]. The van der Waals surface area contributed by atoms with Crippen molar-refractivity contribution in [1.29, 1.82) is 0 Å². The van der Waals surface area contributed by atoms with Crippen LogP contribution in [0.4, 0.5) is 12.9 Å². The molecule has 0 aromatic rings. The van der Waals surface area contributed by atoms with Crippen molar-refractivity contribution in [2.45, 2.75) is 26.3 Å². The average molecular weight is 277 g/mol. The van der Waals surface area contributed by atoms with E-state index in [1.807, 2.05) is 13.8 Å². The van der Waals surface area contributed by atoms with E-state index in [4.69, 9.17) is 4.74 Å². The van der Waals surface area contributed by atoms with Crippen molar-refractivity contribution in [2.75, 3.05) is 26.8 Å². The molecule has 0 radical (unpaired) electrons. The van der Waals surface area contributed by atoms with E-state index in [1.165, 1.54) is 7.11 Å². The molecule has 0 heterocycles. The van der Waals surface area contributed by atoms with Crippen LogP contribution in [0.15, 0.2) is 12.1 Å². The minimum absolute atomic E-state index is 0. The average Bonchev–Trinajstić information content (AvgIpc) is 2.21. The fraction of sp³-hybridized carbons (Fsp3) is 0.800. The summed E-state index contributed by atoms with van der Waals surface area (Å²) < 4.78 is 42.1. The number of rotatable bonds is 8. The van der Waals surface area contributed by atoms with Crippen LogP contribution >= 0.6 is 0 Å². The normalized spacial score (nSPS) is 13.4. The first-order valence-electron chi connectivity index (χ1n) is 5.43. The van der Waals surface area contributed by atoms with Crippen molar-refractivity contribution in [1.82, 2.24) is 4.90 Å². The Kier molecular flexibility index (Phi) is 12.0. The second kappa shape index (κ2) is 10.0. The van der Waals surface area contributed by atoms with E-state index in [0.717, 1.165) is 6.42 Å². The summed E-state index contributed by atoms with van der Waals surface area (Å²) in [6, 6.07) is 0.102. The number of ether oxygens (including phenoxy) is 1.